The zero-order chi connectivity index (χ0) is 30.2. The second kappa shape index (κ2) is 13.8. The van der Waals surface area contributed by atoms with Gasteiger partial charge in [0.2, 0.25) is 15.9 Å². The van der Waals surface area contributed by atoms with Crippen molar-refractivity contribution in [1.82, 2.24) is 20.3 Å². The monoisotopic (exact) mass is 598 g/mol. The van der Waals surface area contributed by atoms with Crippen LogP contribution in [0, 0.1) is 5.41 Å². The normalized spacial score (nSPS) is 17.6. The topological polar surface area (TPSA) is 140 Å². The second-order valence-corrected chi connectivity index (χ2v) is 12.6. The average Bonchev–Trinajstić information content (AvgIpc) is 3.17. The number of sulfonamides is 1. The number of nitrogens with zero attached hydrogens (tertiary/aromatic N) is 1. The average molecular weight is 599 g/mol. The number of carbonyl (C=O) groups is 1. The smallest absolute Gasteiger partial charge is 0.240 e. The first kappa shape index (κ1) is 30.2. The van der Waals surface area contributed by atoms with Crippen molar-refractivity contribution >= 4 is 32.7 Å². The lowest BCUT2D eigenvalue weighted by atomic mass is 9.90. The lowest BCUT2D eigenvalue weighted by Crippen LogP contribution is -2.50. The van der Waals surface area contributed by atoms with Crippen LogP contribution in [0.3, 0.4) is 0 Å². The lowest BCUT2D eigenvalue weighted by Gasteiger charge is -2.29. The molecule has 0 unspecified atom stereocenters. The maximum Gasteiger partial charge on any atom is 0.240 e. The summed E-state index contributed by atoms with van der Waals surface area (Å²) in [6, 6.07) is 32.2. The van der Waals surface area contributed by atoms with Crippen LogP contribution in [-0.2, 0) is 14.8 Å². The number of guanidine groups is 1. The van der Waals surface area contributed by atoms with Crippen LogP contribution in [0.15, 0.2) is 108 Å². The first-order chi connectivity index (χ1) is 20.8. The molecule has 1 aliphatic heterocycles. The van der Waals surface area contributed by atoms with E-state index in [0.717, 1.165) is 21.9 Å². The van der Waals surface area contributed by atoms with Gasteiger partial charge in [-0.1, -0.05) is 91.0 Å². The number of rotatable bonds is 11. The summed E-state index contributed by atoms with van der Waals surface area (Å²) in [5.74, 6) is -0.238. The molecule has 0 radical (unpaired) electrons. The summed E-state index contributed by atoms with van der Waals surface area (Å²) in [5.41, 5.74) is 7.73. The number of nitrogens with two attached hydrogens (primary N) is 1. The Bertz CT molecular complexity index is 1610. The number of hydrogen-bond donors (Lipinski definition) is 5. The van der Waals surface area contributed by atoms with E-state index in [4.69, 9.17) is 11.1 Å². The molecule has 0 aliphatic carbocycles. The van der Waals surface area contributed by atoms with Crippen molar-refractivity contribution in [3.05, 3.63) is 114 Å². The molecule has 0 bridgehead atoms. The fourth-order valence-corrected chi connectivity index (χ4v) is 6.72. The summed E-state index contributed by atoms with van der Waals surface area (Å²) in [5, 5.41) is 15.5. The van der Waals surface area contributed by atoms with Crippen LogP contribution in [0.2, 0.25) is 0 Å². The van der Waals surface area contributed by atoms with Gasteiger partial charge >= 0.3 is 0 Å². The molecule has 1 aliphatic rings. The Morgan fingerprint density at radius 2 is 1.56 bits per heavy atom. The molecule has 43 heavy (non-hydrogen) atoms. The van der Waals surface area contributed by atoms with E-state index in [1.54, 1.807) is 18.2 Å². The third kappa shape index (κ3) is 7.78. The molecule has 1 saturated heterocycles. The Balaban J connectivity index is 1.34. The van der Waals surface area contributed by atoms with Gasteiger partial charge in [0.25, 0.3) is 0 Å². The van der Waals surface area contributed by atoms with E-state index >= 15 is 0 Å². The van der Waals surface area contributed by atoms with Crippen molar-refractivity contribution in [2.24, 2.45) is 5.73 Å². The minimum Gasteiger partial charge on any atom is -0.370 e. The molecule has 1 amide bonds. The Labute approximate surface area is 253 Å². The van der Waals surface area contributed by atoms with Crippen LogP contribution in [0.1, 0.15) is 29.9 Å². The molecule has 4 aromatic carbocycles. The molecule has 1 heterocycles. The Morgan fingerprint density at radius 3 is 2.21 bits per heavy atom. The van der Waals surface area contributed by atoms with Crippen LogP contribution >= 0.6 is 0 Å². The van der Waals surface area contributed by atoms with Gasteiger partial charge in [0, 0.05) is 38.1 Å². The molecule has 224 valence electrons. The fourth-order valence-electron chi connectivity index (χ4n) is 5.60. The minimum absolute atomic E-state index is 0.0229. The zero-order valence-corrected chi connectivity index (χ0v) is 24.8. The molecule has 9 nitrogen and oxygen atoms in total. The van der Waals surface area contributed by atoms with E-state index in [9.17, 15) is 13.2 Å². The quantitative estimate of drug-likeness (QED) is 0.132. The first-order valence-corrected chi connectivity index (χ1v) is 16.0. The van der Waals surface area contributed by atoms with Gasteiger partial charge in [0.15, 0.2) is 5.96 Å². The molecule has 10 heteroatoms. The van der Waals surface area contributed by atoms with Gasteiger partial charge in [-0.25, -0.2) is 13.1 Å². The predicted molar refractivity (Wildman–Crippen MR) is 170 cm³/mol. The van der Waals surface area contributed by atoms with Crippen molar-refractivity contribution < 1.29 is 13.2 Å². The van der Waals surface area contributed by atoms with Gasteiger partial charge in [0.1, 0.15) is 0 Å². The summed E-state index contributed by atoms with van der Waals surface area (Å²) in [6.07, 6.45) is 0.961. The molecule has 0 saturated carbocycles. The van der Waals surface area contributed by atoms with E-state index in [1.807, 2.05) is 65.6 Å². The summed E-state index contributed by atoms with van der Waals surface area (Å²) in [6.45, 7) is 1.43. The maximum atomic E-state index is 13.9. The van der Waals surface area contributed by atoms with Crippen LogP contribution in [-0.4, -0.2) is 63.4 Å². The van der Waals surface area contributed by atoms with Gasteiger partial charge in [-0.3, -0.25) is 10.2 Å². The van der Waals surface area contributed by atoms with Crippen molar-refractivity contribution in [3.8, 4) is 0 Å². The molecule has 0 spiro atoms. The largest absolute Gasteiger partial charge is 0.370 e. The van der Waals surface area contributed by atoms with Crippen molar-refractivity contribution in [2.75, 3.05) is 26.2 Å². The lowest BCUT2D eigenvalue weighted by molar-refractivity contribution is -0.133. The van der Waals surface area contributed by atoms with Crippen LogP contribution in [0.25, 0.3) is 10.8 Å². The van der Waals surface area contributed by atoms with Crippen LogP contribution < -0.4 is 21.1 Å². The molecule has 6 N–H and O–H groups in total. The standard InChI is InChI=1S/C33H38N6O3S/c34-33(35)36-19-17-31-32(40)39(23-30(25-10-3-1-4-11-25)26-12-5-2-6-13-26)20-18-28(38-31)22-37-43(41,42)29-16-15-24-9-7-8-14-27(24)21-29/h1-16,21,28,30-31,37-38H,17-20,22-23H2,(H4,34,35,36)/t28-,31-/m0/s1. The number of amides is 1. The SMILES string of the molecule is N=C(N)NCC[C@@H]1N[C@H](CNS(=O)(=O)c2ccc3ccccc3c2)CCN(CC(c2ccccc2)c2ccccc2)C1=O. The van der Waals surface area contributed by atoms with E-state index in [2.05, 4.69) is 39.6 Å². The highest BCUT2D eigenvalue weighted by atomic mass is 32.2. The Kier molecular flexibility index (Phi) is 9.71. The van der Waals surface area contributed by atoms with Crippen molar-refractivity contribution in [3.63, 3.8) is 0 Å². The summed E-state index contributed by atoms with van der Waals surface area (Å²) < 4.78 is 29.3. The van der Waals surface area contributed by atoms with E-state index in [-0.39, 0.29) is 35.3 Å². The third-order valence-corrected chi connectivity index (χ3v) is 9.32. The van der Waals surface area contributed by atoms with Gasteiger partial charge in [-0.15, -0.1) is 0 Å². The Hall–Kier alpha value is -4.25. The molecule has 2 atom stereocenters. The molecule has 4 aromatic rings. The van der Waals surface area contributed by atoms with Gasteiger partial charge in [-0.2, -0.15) is 0 Å². The number of hydrogen-bond acceptors (Lipinski definition) is 5. The first-order valence-electron chi connectivity index (χ1n) is 14.5. The minimum atomic E-state index is -3.77. The molecule has 0 aromatic heterocycles. The van der Waals surface area contributed by atoms with Gasteiger partial charge in [-0.05, 0) is 46.9 Å². The molecular weight excluding hydrogens is 560 g/mol. The van der Waals surface area contributed by atoms with Crippen molar-refractivity contribution in [2.45, 2.75) is 35.7 Å². The maximum absolute atomic E-state index is 13.9. The van der Waals surface area contributed by atoms with Crippen molar-refractivity contribution in [1.29, 1.82) is 5.41 Å². The van der Waals surface area contributed by atoms with Crippen LogP contribution in [0.5, 0.6) is 0 Å². The predicted octanol–water partition coefficient (Wildman–Crippen LogP) is 3.38. The van der Waals surface area contributed by atoms with Gasteiger partial charge in [0.05, 0.1) is 10.9 Å². The number of benzene rings is 4. The van der Waals surface area contributed by atoms with E-state index in [1.165, 1.54) is 0 Å². The number of carbonyl (C=O) groups excluding carboxylic acids is 1. The molecule has 1 fully saturated rings. The second-order valence-electron chi connectivity index (χ2n) is 10.9. The third-order valence-electron chi connectivity index (χ3n) is 7.90. The molecular formula is C33H38N6O3S. The number of fused-ring (bicyclic) bond motifs is 1. The highest BCUT2D eigenvalue weighted by molar-refractivity contribution is 7.89. The Morgan fingerprint density at radius 1 is 0.930 bits per heavy atom. The van der Waals surface area contributed by atoms with Gasteiger partial charge < -0.3 is 21.3 Å². The highest BCUT2D eigenvalue weighted by Crippen LogP contribution is 2.27. The summed E-state index contributed by atoms with van der Waals surface area (Å²) in [7, 11) is -3.77. The number of nitrogens with one attached hydrogen (secondary N) is 4. The fraction of sp³-hybridized carbons (Fsp3) is 0.273. The van der Waals surface area contributed by atoms with E-state index < -0.39 is 16.1 Å². The van der Waals surface area contributed by atoms with Crippen LogP contribution in [0.4, 0.5) is 0 Å². The zero-order valence-electron chi connectivity index (χ0n) is 23.9. The van der Waals surface area contributed by atoms with E-state index in [0.29, 0.717) is 32.5 Å². The summed E-state index contributed by atoms with van der Waals surface area (Å²) in [4.78, 5) is 16.0. The summed E-state index contributed by atoms with van der Waals surface area (Å²) >= 11 is 0. The highest BCUT2D eigenvalue weighted by Gasteiger charge is 2.33. The molecule has 5 rings (SSSR count).